The fourth-order valence-corrected chi connectivity index (χ4v) is 1.54. The van der Waals surface area contributed by atoms with Gasteiger partial charge in [-0.1, -0.05) is 17.7 Å². The standard InChI is InChI=1S/C11H15ClN2O2/c1-6(13)11(16)9-4-3-8(12)5-10(9)14-7(2)15/h3-6,11,16H,13H2,1-2H3,(H,14,15). The highest BCUT2D eigenvalue weighted by atomic mass is 35.5. The summed E-state index contributed by atoms with van der Waals surface area (Å²) in [5.74, 6) is -0.222. The molecule has 0 fully saturated rings. The Morgan fingerprint density at radius 2 is 2.19 bits per heavy atom. The average Bonchev–Trinajstić information content (AvgIpc) is 2.15. The molecule has 0 aliphatic rings. The fourth-order valence-electron chi connectivity index (χ4n) is 1.37. The van der Waals surface area contributed by atoms with Gasteiger partial charge in [-0.05, 0) is 19.1 Å². The number of hydrogen-bond acceptors (Lipinski definition) is 3. The van der Waals surface area contributed by atoms with Gasteiger partial charge in [-0.3, -0.25) is 4.79 Å². The van der Waals surface area contributed by atoms with Crippen molar-refractivity contribution in [1.29, 1.82) is 0 Å². The summed E-state index contributed by atoms with van der Waals surface area (Å²) in [6.45, 7) is 3.08. The lowest BCUT2D eigenvalue weighted by Crippen LogP contribution is -2.25. The number of rotatable bonds is 3. The van der Waals surface area contributed by atoms with Crippen LogP contribution in [0.2, 0.25) is 5.02 Å². The normalized spacial score (nSPS) is 14.3. The van der Waals surface area contributed by atoms with Crippen molar-refractivity contribution in [3.8, 4) is 0 Å². The molecule has 0 bridgehead atoms. The largest absolute Gasteiger partial charge is 0.387 e. The van der Waals surface area contributed by atoms with Gasteiger partial charge in [-0.25, -0.2) is 0 Å². The predicted molar refractivity (Wildman–Crippen MR) is 64.4 cm³/mol. The number of nitrogens with one attached hydrogen (secondary N) is 1. The number of nitrogens with two attached hydrogens (primary N) is 1. The van der Waals surface area contributed by atoms with Crippen LogP contribution in [0.15, 0.2) is 18.2 Å². The Hall–Kier alpha value is -1.10. The van der Waals surface area contributed by atoms with E-state index in [9.17, 15) is 9.90 Å². The first-order valence-corrected chi connectivity index (χ1v) is 5.30. The highest BCUT2D eigenvalue weighted by Gasteiger charge is 2.17. The third kappa shape index (κ3) is 3.20. The molecule has 0 spiro atoms. The molecule has 2 atom stereocenters. The van der Waals surface area contributed by atoms with E-state index in [0.717, 1.165) is 0 Å². The van der Waals surface area contributed by atoms with E-state index in [2.05, 4.69) is 5.32 Å². The first-order valence-electron chi connectivity index (χ1n) is 4.92. The van der Waals surface area contributed by atoms with E-state index in [4.69, 9.17) is 17.3 Å². The first-order chi connectivity index (χ1) is 7.41. The van der Waals surface area contributed by atoms with Crippen LogP contribution >= 0.6 is 11.6 Å². The topological polar surface area (TPSA) is 75.3 Å². The lowest BCUT2D eigenvalue weighted by molar-refractivity contribution is -0.114. The van der Waals surface area contributed by atoms with Crippen molar-refractivity contribution in [2.75, 3.05) is 5.32 Å². The highest BCUT2D eigenvalue weighted by molar-refractivity contribution is 6.31. The predicted octanol–water partition coefficient (Wildman–Crippen LogP) is 1.68. The minimum Gasteiger partial charge on any atom is -0.387 e. The van der Waals surface area contributed by atoms with Crippen molar-refractivity contribution in [2.24, 2.45) is 5.73 Å². The van der Waals surface area contributed by atoms with Gasteiger partial charge in [0.25, 0.3) is 0 Å². The number of halogens is 1. The van der Waals surface area contributed by atoms with Gasteiger partial charge in [-0.15, -0.1) is 0 Å². The van der Waals surface area contributed by atoms with Gasteiger partial charge in [0, 0.05) is 29.2 Å². The molecule has 5 heteroatoms. The summed E-state index contributed by atoms with van der Waals surface area (Å²) in [5, 5.41) is 13.0. The Kier molecular flexibility index (Phi) is 4.29. The zero-order valence-corrected chi connectivity index (χ0v) is 9.95. The molecule has 1 aromatic carbocycles. The maximum absolute atomic E-state index is 11.0. The van der Waals surface area contributed by atoms with Crippen LogP contribution in [-0.2, 0) is 4.79 Å². The minimum absolute atomic E-state index is 0.222. The molecule has 0 aliphatic heterocycles. The molecule has 1 rings (SSSR count). The molecule has 0 aliphatic carbocycles. The lowest BCUT2D eigenvalue weighted by Gasteiger charge is -2.18. The van der Waals surface area contributed by atoms with Crippen LogP contribution in [0.3, 0.4) is 0 Å². The number of carbonyl (C=O) groups excluding carboxylic acids is 1. The molecule has 88 valence electrons. The maximum Gasteiger partial charge on any atom is 0.221 e. The number of amides is 1. The third-order valence-electron chi connectivity index (χ3n) is 2.14. The fraction of sp³-hybridized carbons (Fsp3) is 0.364. The number of aliphatic hydroxyl groups excluding tert-OH is 1. The minimum atomic E-state index is -0.834. The molecule has 1 amide bonds. The van der Waals surface area contributed by atoms with E-state index in [1.807, 2.05) is 0 Å². The number of aliphatic hydroxyl groups is 1. The molecule has 0 heterocycles. The molecule has 1 aromatic rings. The molecule has 4 nitrogen and oxygen atoms in total. The zero-order valence-electron chi connectivity index (χ0n) is 9.20. The Morgan fingerprint density at radius 1 is 1.56 bits per heavy atom. The van der Waals surface area contributed by atoms with Gasteiger partial charge in [0.05, 0.1) is 6.10 Å². The van der Waals surface area contributed by atoms with Gasteiger partial charge in [0.1, 0.15) is 0 Å². The summed E-state index contributed by atoms with van der Waals surface area (Å²) in [7, 11) is 0. The number of carbonyl (C=O) groups is 1. The smallest absolute Gasteiger partial charge is 0.221 e. The lowest BCUT2D eigenvalue weighted by atomic mass is 10.0. The summed E-state index contributed by atoms with van der Waals surface area (Å²) in [6.07, 6.45) is -0.834. The Labute approximate surface area is 99.4 Å². The molecule has 16 heavy (non-hydrogen) atoms. The highest BCUT2D eigenvalue weighted by Crippen LogP contribution is 2.27. The van der Waals surface area contributed by atoms with Crippen molar-refractivity contribution in [3.63, 3.8) is 0 Å². The number of anilines is 1. The van der Waals surface area contributed by atoms with E-state index in [0.29, 0.717) is 16.3 Å². The van der Waals surface area contributed by atoms with Gasteiger partial charge < -0.3 is 16.2 Å². The second-order valence-electron chi connectivity index (χ2n) is 3.72. The Morgan fingerprint density at radius 3 is 2.69 bits per heavy atom. The Bertz CT molecular complexity index is 394. The third-order valence-corrected chi connectivity index (χ3v) is 2.38. The quantitative estimate of drug-likeness (QED) is 0.755. The van der Waals surface area contributed by atoms with E-state index in [1.165, 1.54) is 6.92 Å². The average molecular weight is 243 g/mol. The van der Waals surface area contributed by atoms with Crippen LogP contribution in [0.25, 0.3) is 0 Å². The van der Waals surface area contributed by atoms with E-state index in [1.54, 1.807) is 25.1 Å². The van der Waals surface area contributed by atoms with Crippen LogP contribution in [-0.4, -0.2) is 17.1 Å². The molecule has 0 radical (unpaired) electrons. The van der Waals surface area contributed by atoms with Crippen molar-refractivity contribution in [3.05, 3.63) is 28.8 Å². The summed E-state index contributed by atoms with van der Waals surface area (Å²) < 4.78 is 0. The molecule has 0 saturated heterocycles. The van der Waals surface area contributed by atoms with Gasteiger partial charge >= 0.3 is 0 Å². The summed E-state index contributed by atoms with van der Waals surface area (Å²) in [5.41, 5.74) is 6.67. The van der Waals surface area contributed by atoms with Crippen molar-refractivity contribution < 1.29 is 9.90 Å². The maximum atomic E-state index is 11.0. The molecule has 0 saturated carbocycles. The SMILES string of the molecule is CC(=O)Nc1cc(Cl)ccc1C(O)C(C)N. The van der Waals surface area contributed by atoms with Crippen LogP contribution in [0.4, 0.5) is 5.69 Å². The monoisotopic (exact) mass is 242 g/mol. The molecule has 0 aromatic heterocycles. The number of hydrogen-bond donors (Lipinski definition) is 3. The van der Waals surface area contributed by atoms with Crippen LogP contribution in [0.5, 0.6) is 0 Å². The van der Waals surface area contributed by atoms with Crippen LogP contribution < -0.4 is 11.1 Å². The van der Waals surface area contributed by atoms with Gasteiger partial charge in [0.15, 0.2) is 0 Å². The second kappa shape index (κ2) is 5.30. The summed E-state index contributed by atoms with van der Waals surface area (Å²) >= 11 is 5.82. The Balaban J connectivity index is 3.11. The molecule has 4 N–H and O–H groups in total. The molecule has 2 unspecified atom stereocenters. The van der Waals surface area contributed by atoms with E-state index >= 15 is 0 Å². The molecular formula is C11H15ClN2O2. The number of benzene rings is 1. The summed E-state index contributed by atoms with van der Waals surface area (Å²) in [4.78, 5) is 11.0. The van der Waals surface area contributed by atoms with Gasteiger partial charge in [0.2, 0.25) is 5.91 Å². The van der Waals surface area contributed by atoms with Gasteiger partial charge in [-0.2, -0.15) is 0 Å². The molecular weight excluding hydrogens is 228 g/mol. The van der Waals surface area contributed by atoms with Crippen LogP contribution in [0.1, 0.15) is 25.5 Å². The second-order valence-corrected chi connectivity index (χ2v) is 4.15. The summed E-state index contributed by atoms with van der Waals surface area (Å²) in [6, 6.07) is 4.47. The first kappa shape index (κ1) is 13.0. The zero-order chi connectivity index (χ0) is 12.3. The van der Waals surface area contributed by atoms with E-state index in [-0.39, 0.29) is 5.91 Å². The van der Waals surface area contributed by atoms with Crippen LogP contribution in [0, 0.1) is 0 Å². The van der Waals surface area contributed by atoms with Crippen molar-refractivity contribution >= 4 is 23.2 Å². The van der Waals surface area contributed by atoms with E-state index < -0.39 is 12.1 Å². The van der Waals surface area contributed by atoms with Crippen molar-refractivity contribution in [1.82, 2.24) is 0 Å². The van der Waals surface area contributed by atoms with Crippen molar-refractivity contribution in [2.45, 2.75) is 26.0 Å².